The first-order chi connectivity index (χ1) is 16.2. The third kappa shape index (κ3) is 6.72. The SMILES string of the molecule is CCCCCCCOc1ccc(-c2nc(C)c(-c3ccnc(NN4CCOCC4)n3)s2)cc1. The number of nitrogens with zero attached hydrogens (tertiary/aromatic N) is 4. The van der Waals surface area contributed by atoms with Crippen molar-refractivity contribution in [1.29, 1.82) is 0 Å². The molecule has 0 bridgehead atoms. The summed E-state index contributed by atoms with van der Waals surface area (Å²) in [6.07, 6.45) is 8.01. The smallest absolute Gasteiger partial charge is 0.238 e. The zero-order valence-corrected chi connectivity index (χ0v) is 20.4. The number of aryl methyl sites for hydroxylation is 1. The fourth-order valence-corrected chi connectivity index (χ4v) is 4.74. The lowest BCUT2D eigenvalue weighted by Crippen LogP contribution is -2.40. The van der Waals surface area contributed by atoms with Gasteiger partial charge in [-0.2, -0.15) is 0 Å². The maximum Gasteiger partial charge on any atom is 0.238 e. The Balaban J connectivity index is 1.38. The van der Waals surface area contributed by atoms with Crippen molar-refractivity contribution < 1.29 is 9.47 Å². The number of aromatic nitrogens is 3. The van der Waals surface area contributed by atoms with Gasteiger partial charge < -0.3 is 9.47 Å². The molecular weight excluding hydrogens is 434 g/mol. The summed E-state index contributed by atoms with van der Waals surface area (Å²) in [7, 11) is 0. The van der Waals surface area contributed by atoms with Crippen LogP contribution in [0.15, 0.2) is 36.5 Å². The van der Waals surface area contributed by atoms with E-state index in [1.807, 2.05) is 25.1 Å². The molecule has 0 amide bonds. The Morgan fingerprint density at radius 1 is 1.03 bits per heavy atom. The Hall–Kier alpha value is -2.55. The van der Waals surface area contributed by atoms with Crippen LogP contribution in [0.3, 0.4) is 0 Å². The molecule has 0 unspecified atom stereocenters. The maximum absolute atomic E-state index is 5.90. The minimum absolute atomic E-state index is 0.597. The topological polar surface area (TPSA) is 72.4 Å². The van der Waals surface area contributed by atoms with Crippen molar-refractivity contribution >= 4 is 17.3 Å². The number of hydrazine groups is 1. The van der Waals surface area contributed by atoms with E-state index in [-0.39, 0.29) is 0 Å². The van der Waals surface area contributed by atoms with Crippen molar-refractivity contribution in [2.45, 2.75) is 46.0 Å². The van der Waals surface area contributed by atoms with Crippen LogP contribution in [0.2, 0.25) is 0 Å². The van der Waals surface area contributed by atoms with Gasteiger partial charge in [0.25, 0.3) is 0 Å². The monoisotopic (exact) mass is 467 g/mol. The number of morpholine rings is 1. The average molecular weight is 468 g/mol. The molecular formula is C25H33N5O2S. The lowest BCUT2D eigenvalue weighted by atomic mass is 10.2. The van der Waals surface area contributed by atoms with Gasteiger partial charge in [0.1, 0.15) is 10.8 Å². The Morgan fingerprint density at radius 2 is 1.82 bits per heavy atom. The van der Waals surface area contributed by atoms with Crippen LogP contribution < -0.4 is 10.2 Å². The molecule has 0 atom stereocenters. The Kier molecular flexibility index (Phi) is 8.63. The van der Waals surface area contributed by atoms with Crippen molar-refractivity contribution in [2.24, 2.45) is 0 Å². The predicted octanol–water partition coefficient (Wildman–Crippen LogP) is 5.58. The van der Waals surface area contributed by atoms with E-state index in [1.165, 1.54) is 25.7 Å². The van der Waals surface area contributed by atoms with E-state index in [1.54, 1.807) is 17.5 Å². The van der Waals surface area contributed by atoms with Crippen LogP contribution in [0.4, 0.5) is 5.95 Å². The first-order valence-corrected chi connectivity index (χ1v) is 12.7. The molecule has 4 rings (SSSR count). The van der Waals surface area contributed by atoms with Gasteiger partial charge in [-0.3, -0.25) is 5.43 Å². The number of hydrogen-bond donors (Lipinski definition) is 1. The lowest BCUT2D eigenvalue weighted by Gasteiger charge is -2.26. The lowest BCUT2D eigenvalue weighted by molar-refractivity contribution is 0.0492. The second-order valence-corrected chi connectivity index (χ2v) is 9.20. The molecule has 176 valence electrons. The summed E-state index contributed by atoms with van der Waals surface area (Å²) in [6, 6.07) is 10.2. The number of unbranched alkanes of at least 4 members (excludes halogenated alkanes) is 4. The van der Waals surface area contributed by atoms with E-state index in [4.69, 9.17) is 19.4 Å². The van der Waals surface area contributed by atoms with Gasteiger partial charge in [-0.15, -0.1) is 11.3 Å². The number of benzene rings is 1. The second kappa shape index (κ2) is 12.1. The summed E-state index contributed by atoms with van der Waals surface area (Å²) in [5.74, 6) is 1.51. The van der Waals surface area contributed by atoms with Gasteiger partial charge in [0.2, 0.25) is 5.95 Å². The minimum atomic E-state index is 0.597. The van der Waals surface area contributed by atoms with Crippen LogP contribution in [0.25, 0.3) is 21.1 Å². The molecule has 7 nitrogen and oxygen atoms in total. The molecule has 1 aliphatic heterocycles. The number of nitrogens with one attached hydrogen (secondary N) is 1. The molecule has 1 saturated heterocycles. The molecule has 1 aromatic carbocycles. The average Bonchev–Trinajstić information content (AvgIpc) is 3.24. The zero-order valence-electron chi connectivity index (χ0n) is 19.5. The van der Waals surface area contributed by atoms with E-state index in [0.29, 0.717) is 19.2 Å². The molecule has 3 heterocycles. The van der Waals surface area contributed by atoms with E-state index in [9.17, 15) is 0 Å². The van der Waals surface area contributed by atoms with E-state index in [2.05, 4.69) is 34.5 Å². The highest BCUT2D eigenvalue weighted by Gasteiger charge is 2.15. The Labute approximate surface area is 200 Å². The van der Waals surface area contributed by atoms with Crippen molar-refractivity contribution in [3.8, 4) is 26.9 Å². The van der Waals surface area contributed by atoms with Crippen molar-refractivity contribution in [3.63, 3.8) is 0 Å². The molecule has 2 aromatic heterocycles. The van der Waals surface area contributed by atoms with Crippen molar-refractivity contribution in [2.75, 3.05) is 38.3 Å². The summed E-state index contributed by atoms with van der Waals surface area (Å²) in [5, 5.41) is 3.07. The molecule has 0 radical (unpaired) electrons. The first-order valence-electron chi connectivity index (χ1n) is 11.9. The molecule has 0 aliphatic carbocycles. The van der Waals surface area contributed by atoms with Gasteiger partial charge in [-0.05, 0) is 43.7 Å². The van der Waals surface area contributed by atoms with Crippen LogP contribution in [-0.4, -0.2) is 52.9 Å². The Bertz CT molecular complexity index is 1000. The zero-order chi connectivity index (χ0) is 22.9. The maximum atomic E-state index is 5.90. The van der Waals surface area contributed by atoms with Crippen LogP contribution in [0.5, 0.6) is 5.75 Å². The molecule has 0 saturated carbocycles. The molecule has 8 heteroatoms. The van der Waals surface area contributed by atoms with Crippen molar-refractivity contribution in [3.05, 3.63) is 42.2 Å². The standard InChI is InChI=1S/C25H33N5O2S/c1-3-4-5-6-7-16-32-21-10-8-20(9-11-21)24-27-19(2)23(33-24)22-12-13-26-25(28-22)29-30-14-17-31-18-15-30/h8-13H,3-7,14-18H2,1-2H3,(H,26,28,29). The molecule has 1 aliphatic rings. The summed E-state index contributed by atoms with van der Waals surface area (Å²) >= 11 is 1.65. The summed E-state index contributed by atoms with van der Waals surface area (Å²) in [5.41, 5.74) is 6.23. The van der Waals surface area contributed by atoms with E-state index >= 15 is 0 Å². The Morgan fingerprint density at radius 3 is 2.61 bits per heavy atom. The van der Waals surface area contributed by atoms with Crippen LogP contribution >= 0.6 is 11.3 Å². The van der Waals surface area contributed by atoms with Crippen LogP contribution in [0, 0.1) is 6.92 Å². The van der Waals surface area contributed by atoms with E-state index < -0.39 is 0 Å². The number of anilines is 1. The quantitative estimate of drug-likeness (QED) is 0.369. The molecule has 1 N–H and O–H groups in total. The second-order valence-electron chi connectivity index (χ2n) is 8.20. The fourth-order valence-electron chi connectivity index (χ4n) is 3.70. The third-order valence-corrected chi connectivity index (χ3v) is 6.80. The van der Waals surface area contributed by atoms with Crippen molar-refractivity contribution in [1.82, 2.24) is 20.0 Å². The number of hydrogen-bond acceptors (Lipinski definition) is 8. The number of rotatable bonds is 11. The third-order valence-electron chi connectivity index (χ3n) is 5.57. The fraction of sp³-hybridized carbons (Fsp3) is 0.480. The van der Waals surface area contributed by atoms with Crippen LogP contribution in [0.1, 0.15) is 44.7 Å². The largest absolute Gasteiger partial charge is 0.494 e. The van der Waals surface area contributed by atoms with Gasteiger partial charge in [0.15, 0.2) is 0 Å². The highest BCUT2D eigenvalue weighted by atomic mass is 32.1. The van der Waals surface area contributed by atoms with Gasteiger partial charge in [0, 0.05) is 24.8 Å². The summed E-state index contributed by atoms with van der Waals surface area (Å²) in [6.45, 7) is 8.10. The first kappa shape index (κ1) is 23.6. The molecule has 33 heavy (non-hydrogen) atoms. The molecule has 1 fully saturated rings. The van der Waals surface area contributed by atoms with E-state index in [0.717, 1.165) is 58.7 Å². The number of thiazole rings is 1. The van der Waals surface area contributed by atoms with Gasteiger partial charge in [0.05, 0.1) is 36.1 Å². The van der Waals surface area contributed by atoms with Gasteiger partial charge in [-0.25, -0.2) is 20.0 Å². The minimum Gasteiger partial charge on any atom is -0.494 e. The molecule has 3 aromatic rings. The van der Waals surface area contributed by atoms with Gasteiger partial charge in [-0.1, -0.05) is 32.6 Å². The highest BCUT2D eigenvalue weighted by Crippen LogP contribution is 2.35. The number of ether oxygens (including phenoxy) is 2. The van der Waals surface area contributed by atoms with Crippen LogP contribution in [-0.2, 0) is 4.74 Å². The molecule has 0 spiro atoms. The predicted molar refractivity (Wildman–Crippen MR) is 134 cm³/mol. The summed E-state index contributed by atoms with van der Waals surface area (Å²) in [4.78, 5) is 15.0. The van der Waals surface area contributed by atoms with Gasteiger partial charge >= 0.3 is 0 Å². The normalized spacial score (nSPS) is 14.4. The highest BCUT2D eigenvalue weighted by molar-refractivity contribution is 7.18. The summed E-state index contributed by atoms with van der Waals surface area (Å²) < 4.78 is 11.3.